The Balaban J connectivity index is 1.70. The normalized spacial score (nSPS) is 12.9. The van der Waals surface area contributed by atoms with E-state index in [9.17, 15) is 9.59 Å². The molecule has 0 bridgehead atoms. The number of hydrogen-bond acceptors (Lipinski definition) is 4. The number of benzene rings is 2. The highest BCUT2D eigenvalue weighted by molar-refractivity contribution is 6.31. The summed E-state index contributed by atoms with van der Waals surface area (Å²) >= 11 is 6.14. The second-order valence-electron chi connectivity index (χ2n) is 6.30. The van der Waals surface area contributed by atoms with Gasteiger partial charge in [0, 0.05) is 29.1 Å². The van der Waals surface area contributed by atoms with Crippen molar-refractivity contribution in [2.24, 2.45) is 4.99 Å². The molecule has 5 heteroatoms. The molecule has 0 spiro atoms. The fourth-order valence-corrected chi connectivity index (χ4v) is 3.11. The molecule has 26 heavy (non-hydrogen) atoms. The number of fused-ring (bicyclic) bond motifs is 1. The van der Waals surface area contributed by atoms with Gasteiger partial charge in [0.25, 0.3) is 0 Å². The van der Waals surface area contributed by atoms with Crippen LogP contribution in [-0.2, 0) is 16.0 Å². The highest BCUT2D eigenvalue weighted by atomic mass is 35.5. The zero-order valence-electron chi connectivity index (χ0n) is 14.6. The van der Waals surface area contributed by atoms with Crippen LogP contribution in [0.2, 0.25) is 5.02 Å². The lowest BCUT2D eigenvalue weighted by Gasteiger charge is -2.17. The van der Waals surface area contributed by atoms with Crippen LogP contribution >= 0.6 is 11.6 Å². The van der Waals surface area contributed by atoms with Crippen molar-refractivity contribution >= 4 is 29.1 Å². The molecule has 0 radical (unpaired) electrons. The quantitative estimate of drug-likeness (QED) is 0.564. The van der Waals surface area contributed by atoms with Crippen molar-refractivity contribution < 1.29 is 14.3 Å². The van der Waals surface area contributed by atoms with Gasteiger partial charge in [-0.1, -0.05) is 29.8 Å². The molecule has 134 valence electrons. The number of ketones is 1. The summed E-state index contributed by atoms with van der Waals surface area (Å²) < 4.78 is 5.20. The highest BCUT2D eigenvalue weighted by Crippen LogP contribution is 2.24. The third-order valence-electron chi connectivity index (χ3n) is 4.28. The number of ether oxygens (including phenoxy) is 1. The number of nitrogens with zero attached hydrogens (tertiary/aromatic N) is 1. The lowest BCUT2D eigenvalue weighted by molar-refractivity contribution is -0.117. The number of halogens is 1. The molecular weight excluding hydrogens is 350 g/mol. The molecular formula is C21H20ClNO3. The Morgan fingerprint density at radius 3 is 2.65 bits per heavy atom. The number of Topliss-reactive ketones (excluding diaryl/α,β-unsaturated/α-hetero) is 1. The summed E-state index contributed by atoms with van der Waals surface area (Å²) in [6.07, 6.45) is 1.88. The molecule has 2 aromatic carbocycles. The van der Waals surface area contributed by atoms with Crippen molar-refractivity contribution in [3.63, 3.8) is 0 Å². The van der Waals surface area contributed by atoms with Crippen molar-refractivity contribution in [1.29, 1.82) is 0 Å². The molecule has 0 saturated heterocycles. The van der Waals surface area contributed by atoms with Crippen molar-refractivity contribution in [3.05, 3.63) is 69.7 Å². The van der Waals surface area contributed by atoms with Crippen LogP contribution in [0.1, 0.15) is 46.8 Å². The van der Waals surface area contributed by atoms with E-state index in [0.29, 0.717) is 23.4 Å². The Kier molecular flexibility index (Phi) is 5.84. The van der Waals surface area contributed by atoms with E-state index in [-0.39, 0.29) is 18.4 Å². The third-order valence-corrected chi connectivity index (χ3v) is 4.51. The van der Waals surface area contributed by atoms with Crippen LogP contribution in [0.5, 0.6) is 0 Å². The molecule has 1 aliphatic rings. The van der Waals surface area contributed by atoms with E-state index in [1.54, 1.807) is 12.1 Å². The molecule has 3 rings (SSSR count). The zero-order chi connectivity index (χ0) is 18.5. The molecule has 0 aromatic heterocycles. The molecule has 0 atom stereocenters. The first kappa shape index (κ1) is 18.3. The minimum Gasteiger partial charge on any atom is -0.462 e. The second-order valence-corrected chi connectivity index (χ2v) is 6.74. The number of carbonyl (C=O) groups is 2. The van der Waals surface area contributed by atoms with Gasteiger partial charge in [0.05, 0.1) is 17.9 Å². The molecule has 1 aliphatic heterocycles. The van der Waals surface area contributed by atoms with E-state index in [0.717, 1.165) is 29.8 Å². The Morgan fingerprint density at radius 1 is 1.15 bits per heavy atom. The van der Waals surface area contributed by atoms with Gasteiger partial charge in [-0.05, 0) is 49.6 Å². The van der Waals surface area contributed by atoms with E-state index >= 15 is 0 Å². The molecule has 0 fully saturated rings. The average molecular weight is 370 g/mol. The maximum absolute atomic E-state index is 12.1. The van der Waals surface area contributed by atoms with Crippen molar-refractivity contribution in [2.45, 2.75) is 26.2 Å². The first-order valence-electron chi connectivity index (χ1n) is 8.65. The van der Waals surface area contributed by atoms with E-state index < -0.39 is 0 Å². The standard InChI is InChI=1S/C21H20ClNO3/c1-14(24)3-2-12-26-21(25)17-6-4-16(5-7-17)20-19-13-18(22)9-8-15(19)10-11-23-20/h4-9,13H,2-3,10-12H2,1H3. The minimum absolute atomic E-state index is 0.0963. The van der Waals surface area contributed by atoms with Crippen LogP contribution in [0, 0.1) is 0 Å². The topological polar surface area (TPSA) is 55.7 Å². The summed E-state index contributed by atoms with van der Waals surface area (Å²) in [5.41, 5.74) is 4.60. The molecule has 0 saturated carbocycles. The van der Waals surface area contributed by atoms with Gasteiger partial charge in [-0.25, -0.2) is 4.79 Å². The van der Waals surface area contributed by atoms with E-state index in [4.69, 9.17) is 16.3 Å². The van der Waals surface area contributed by atoms with Crippen LogP contribution in [0.4, 0.5) is 0 Å². The van der Waals surface area contributed by atoms with Crippen LogP contribution < -0.4 is 0 Å². The fraction of sp³-hybridized carbons (Fsp3) is 0.286. The summed E-state index contributed by atoms with van der Waals surface area (Å²) in [6.45, 7) is 2.52. The molecule has 2 aromatic rings. The Hall–Kier alpha value is -2.46. The molecule has 0 unspecified atom stereocenters. The number of carbonyl (C=O) groups excluding carboxylic acids is 2. The Morgan fingerprint density at radius 2 is 1.92 bits per heavy atom. The number of esters is 1. The second kappa shape index (κ2) is 8.28. The van der Waals surface area contributed by atoms with E-state index in [1.165, 1.54) is 12.5 Å². The summed E-state index contributed by atoms with van der Waals surface area (Å²) in [7, 11) is 0. The SMILES string of the molecule is CC(=O)CCCOC(=O)c1ccc(C2=NCCc3ccc(Cl)cc32)cc1. The molecule has 0 N–H and O–H groups in total. The van der Waals surface area contributed by atoms with Crippen LogP contribution in [0.25, 0.3) is 0 Å². The lowest BCUT2D eigenvalue weighted by atomic mass is 9.93. The lowest BCUT2D eigenvalue weighted by Crippen LogP contribution is -2.14. The molecule has 4 nitrogen and oxygen atoms in total. The summed E-state index contributed by atoms with van der Waals surface area (Å²) in [5, 5.41) is 0.684. The maximum Gasteiger partial charge on any atom is 0.338 e. The van der Waals surface area contributed by atoms with Crippen LogP contribution in [-0.4, -0.2) is 30.6 Å². The van der Waals surface area contributed by atoms with Gasteiger partial charge >= 0.3 is 5.97 Å². The maximum atomic E-state index is 12.1. The van der Waals surface area contributed by atoms with Crippen molar-refractivity contribution in [2.75, 3.05) is 13.2 Å². The summed E-state index contributed by atoms with van der Waals surface area (Å²) in [5.74, 6) is -0.284. The molecule has 0 amide bonds. The van der Waals surface area contributed by atoms with E-state index in [1.807, 2.05) is 30.3 Å². The van der Waals surface area contributed by atoms with Gasteiger partial charge < -0.3 is 9.53 Å². The Bertz CT molecular complexity index is 856. The van der Waals surface area contributed by atoms with Crippen molar-refractivity contribution in [1.82, 2.24) is 0 Å². The zero-order valence-corrected chi connectivity index (χ0v) is 15.4. The fourth-order valence-electron chi connectivity index (χ4n) is 2.94. The van der Waals surface area contributed by atoms with Gasteiger partial charge in [-0.2, -0.15) is 0 Å². The minimum atomic E-state index is -0.380. The number of rotatable bonds is 6. The van der Waals surface area contributed by atoms with Crippen LogP contribution in [0.15, 0.2) is 47.5 Å². The molecule has 1 heterocycles. The van der Waals surface area contributed by atoms with Gasteiger partial charge in [0.1, 0.15) is 5.78 Å². The first-order chi connectivity index (χ1) is 12.5. The van der Waals surface area contributed by atoms with Gasteiger partial charge in [-0.3, -0.25) is 4.99 Å². The largest absolute Gasteiger partial charge is 0.462 e. The smallest absolute Gasteiger partial charge is 0.338 e. The molecule has 0 aliphatic carbocycles. The summed E-state index contributed by atoms with van der Waals surface area (Å²) in [4.78, 5) is 27.6. The Labute approximate surface area is 157 Å². The monoisotopic (exact) mass is 369 g/mol. The number of hydrogen-bond donors (Lipinski definition) is 0. The van der Waals surface area contributed by atoms with Gasteiger partial charge in [0.15, 0.2) is 0 Å². The average Bonchev–Trinajstić information content (AvgIpc) is 2.64. The predicted molar refractivity (Wildman–Crippen MR) is 102 cm³/mol. The third kappa shape index (κ3) is 4.38. The predicted octanol–water partition coefficient (Wildman–Crippen LogP) is 4.26. The summed E-state index contributed by atoms with van der Waals surface area (Å²) in [6, 6.07) is 13.1. The van der Waals surface area contributed by atoms with Crippen molar-refractivity contribution in [3.8, 4) is 0 Å². The van der Waals surface area contributed by atoms with Crippen LogP contribution in [0.3, 0.4) is 0 Å². The van der Waals surface area contributed by atoms with Gasteiger partial charge in [-0.15, -0.1) is 0 Å². The first-order valence-corrected chi connectivity index (χ1v) is 9.02. The number of aliphatic imine (C=N–C) groups is 1. The highest BCUT2D eigenvalue weighted by Gasteiger charge is 2.17. The van der Waals surface area contributed by atoms with Gasteiger partial charge in [0.2, 0.25) is 0 Å². The van der Waals surface area contributed by atoms with E-state index in [2.05, 4.69) is 4.99 Å².